The Hall–Kier alpha value is -3.35. The van der Waals surface area contributed by atoms with E-state index in [0.29, 0.717) is 11.3 Å². The topological polar surface area (TPSA) is 113 Å². The molecule has 0 saturated heterocycles. The Bertz CT molecular complexity index is 945. The lowest BCUT2D eigenvalue weighted by Crippen LogP contribution is -2.15. The van der Waals surface area contributed by atoms with Crippen molar-refractivity contribution < 1.29 is 24.3 Å². The van der Waals surface area contributed by atoms with Crippen molar-refractivity contribution in [3.05, 3.63) is 53.2 Å². The number of carboxylic acids is 1. The molecule has 1 amide bonds. The summed E-state index contributed by atoms with van der Waals surface area (Å²) in [5.74, 6) is -1.80. The molecule has 0 aliphatic heterocycles. The zero-order valence-corrected chi connectivity index (χ0v) is 12.7. The third kappa shape index (κ3) is 3.05. The highest BCUT2D eigenvalue weighted by atomic mass is 16.5. The van der Waals surface area contributed by atoms with E-state index >= 15 is 0 Å². The highest BCUT2D eigenvalue weighted by Crippen LogP contribution is 2.25. The first-order valence-corrected chi connectivity index (χ1v) is 7.15. The average molecular weight is 326 g/mol. The fourth-order valence-electron chi connectivity index (χ4n) is 2.35. The fourth-order valence-corrected chi connectivity index (χ4v) is 2.35. The number of carbonyl (C=O) groups excluding carboxylic acids is 1. The van der Waals surface area contributed by atoms with Gasteiger partial charge in [-0.1, -0.05) is 16.8 Å². The van der Waals surface area contributed by atoms with Crippen molar-refractivity contribution in [2.45, 2.75) is 13.3 Å². The molecule has 0 aliphatic rings. The maximum atomic E-state index is 12.2. The van der Waals surface area contributed by atoms with Gasteiger partial charge in [-0.2, -0.15) is 0 Å². The predicted octanol–water partition coefficient (Wildman–Crippen LogP) is 2.72. The molecular weight excluding hydrogens is 312 g/mol. The third-order valence-corrected chi connectivity index (χ3v) is 3.55. The number of aromatic hydroxyl groups is 1. The van der Waals surface area contributed by atoms with Gasteiger partial charge in [0.25, 0.3) is 0 Å². The SMILES string of the molecule is Cc1ccc2onc(CC(=O)Nc3cc(C(=O)O)ccc3O)c2c1. The van der Waals surface area contributed by atoms with Gasteiger partial charge in [0.15, 0.2) is 5.58 Å². The van der Waals surface area contributed by atoms with E-state index in [1.54, 1.807) is 6.07 Å². The van der Waals surface area contributed by atoms with Crippen LogP contribution in [0.1, 0.15) is 21.6 Å². The van der Waals surface area contributed by atoms with Crippen LogP contribution in [0.5, 0.6) is 5.75 Å². The number of phenolic OH excluding ortho intramolecular Hbond substituents is 1. The summed E-state index contributed by atoms with van der Waals surface area (Å²) in [6.07, 6.45) is -0.0623. The van der Waals surface area contributed by atoms with E-state index < -0.39 is 11.9 Å². The Labute approximate surface area is 136 Å². The number of nitrogens with zero attached hydrogens (tertiary/aromatic N) is 1. The molecule has 3 aromatic rings. The Morgan fingerprint density at radius 3 is 2.75 bits per heavy atom. The summed E-state index contributed by atoms with van der Waals surface area (Å²) in [5.41, 5.74) is 2.06. The van der Waals surface area contributed by atoms with E-state index in [1.807, 2.05) is 19.1 Å². The van der Waals surface area contributed by atoms with E-state index in [0.717, 1.165) is 10.9 Å². The van der Waals surface area contributed by atoms with Gasteiger partial charge in [-0.05, 0) is 37.3 Å². The van der Waals surface area contributed by atoms with Gasteiger partial charge in [0, 0.05) is 5.39 Å². The van der Waals surface area contributed by atoms with Gasteiger partial charge >= 0.3 is 5.97 Å². The lowest BCUT2D eigenvalue weighted by atomic mass is 10.1. The van der Waals surface area contributed by atoms with Crippen molar-refractivity contribution in [3.63, 3.8) is 0 Å². The first kappa shape index (κ1) is 15.5. The number of phenols is 1. The van der Waals surface area contributed by atoms with Crippen molar-refractivity contribution in [1.82, 2.24) is 5.16 Å². The number of hydrogen-bond donors (Lipinski definition) is 3. The minimum atomic E-state index is -1.15. The second-order valence-electron chi connectivity index (χ2n) is 5.39. The van der Waals surface area contributed by atoms with E-state index in [1.165, 1.54) is 18.2 Å². The number of aromatic carboxylic acids is 1. The Morgan fingerprint density at radius 1 is 1.21 bits per heavy atom. The van der Waals surface area contributed by atoms with Crippen LogP contribution in [0.15, 0.2) is 40.9 Å². The van der Waals surface area contributed by atoms with Crippen molar-refractivity contribution in [3.8, 4) is 5.75 Å². The first-order chi connectivity index (χ1) is 11.4. The molecule has 0 bridgehead atoms. The molecule has 122 valence electrons. The number of amides is 1. The van der Waals surface area contributed by atoms with E-state index in [2.05, 4.69) is 10.5 Å². The normalized spacial score (nSPS) is 10.7. The van der Waals surface area contributed by atoms with Gasteiger partial charge in [-0.15, -0.1) is 0 Å². The monoisotopic (exact) mass is 326 g/mol. The van der Waals surface area contributed by atoms with Gasteiger partial charge in [0.2, 0.25) is 5.91 Å². The number of carboxylic acid groups (broad SMARTS) is 1. The number of benzene rings is 2. The smallest absolute Gasteiger partial charge is 0.335 e. The lowest BCUT2D eigenvalue weighted by molar-refractivity contribution is -0.115. The molecule has 0 radical (unpaired) electrons. The summed E-state index contributed by atoms with van der Waals surface area (Å²) in [7, 11) is 0. The van der Waals surface area contributed by atoms with Crippen LogP contribution >= 0.6 is 0 Å². The molecule has 3 rings (SSSR count). The van der Waals surface area contributed by atoms with E-state index in [4.69, 9.17) is 9.63 Å². The second-order valence-corrected chi connectivity index (χ2v) is 5.39. The van der Waals surface area contributed by atoms with Crippen LogP contribution in [0.3, 0.4) is 0 Å². The summed E-state index contributed by atoms with van der Waals surface area (Å²) in [4.78, 5) is 23.2. The molecule has 0 atom stereocenters. The van der Waals surface area contributed by atoms with Gasteiger partial charge in [-0.25, -0.2) is 4.79 Å². The molecule has 24 heavy (non-hydrogen) atoms. The van der Waals surface area contributed by atoms with Crippen molar-refractivity contribution >= 4 is 28.5 Å². The summed E-state index contributed by atoms with van der Waals surface area (Å²) < 4.78 is 5.17. The zero-order chi connectivity index (χ0) is 17.3. The second kappa shape index (κ2) is 6.04. The molecule has 0 unspecified atom stereocenters. The standard InChI is InChI=1S/C17H14N2O5/c1-9-2-5-15-11(6-9)12(19-24-15)8-16(21)18-13-7-10(17(22)23)3-4-14(13)20/h2-7,20H,8H2,1H3,(H,18,21)(H,22,23). The quantitative estimate of drug-likeness (QED) is 0.635. The number of aryl methyl sites for hydroxylation is 1. The summed E-state index contributed by atoms with van der Waals surface area (Å²) in [6.45, 7) is 1.92. The summed E-state index contributed by atoms with van der Waals surface area (Å²) >= 11 is 0. The number of carbonyl (C=O) groups is 2. The van der Waals surface area contributed by atoms with Gasteiger partial charge < -0.3 is 20.1 Å². The van der Waals surface area contributed by atoms with E-state index in [-0.39, 0.29) is 23.4 Å². The Balaban J connectivity index is 1.81. The number of hydrogen-bond acceptors (Lipinski definition) is 5. The van der Waals surface area contributed by atoms with Crippen LogP contribution in [0.25, 0.3) is 11.0 Å². The molecule has 7 nitrogen and oxygen atoms in total. The molecule has 3 N–H and O–H groups in total. The average Bonchev–Trinajstić information content (AvgIpc) is 2.91. The van der Waals surface area contributed by atoms with Gasteiger partial charge in [-0.3, -0.25) is 4.79 Å². The van der Waals surface area contributed by atoms with Gasteiger partial charge in [0.1, 0.15) is 11.4 Å². The molecule has 0 spiro atoms. The van der Waals surface area contributed by atoms with Crippen molar-refractivity contribution in [2.24, 2.45) is 0 Å². The highest BCUT2D eigenvalue weighted by Gasteiger charge is 2.15. The molecule has 2 aromatic carbocycles. The summed E-state index contributed by atoms with van der Waals surface area (Å²) in [6, 6.07) is 9.20. The number of anilines is 1. The largest absolute Gasteiger partial charge is 0.506 e. The van der Waals surface area contributed by atoms with Gasteiger partial charge in [0.05, 0.1) is 17.7 Å². The number of fused-ring (bicyclic) bond motifs is 1. The van der Waals surface area contributed by atoms with Crippen molar-refractivity contribution in [2.75, 3.05) is 5.32 Å². The van der Waals surface area contributed by atoms with Crippen LogP contribution in [0, 0.1) is 6.92 Å². The fraction of sp³-hybridized carbons (Fsp3) is 0.118. The minimum Gasteiger partial charge on any atom is -0.506 e. The number of nitrogens with one attached hydrogen (secondary N) is 1. The molecular formula is C17H14N2O5. The number of aromatic nitrogens is 1. The van der Waals surface area contributed by atoms with E-state index in [9.17, 15) is 14.7 Å². The van der Waals surface area contributed by atoms with Crippen LogP contribution < -0.4 is 5.32 Å². The van der Waals surface area contributed by atoms with Crippen LogP contribution in [0.4, 0.5) is 5.69 Å². The first-order valence-electron chi connectivity index (χ1n) is 7.15. The highest BCUT2D eigenvalue weighted by molar-refractivity contribution is 5.97. The van der Waals surface area contributed by atoms with Crippen molar-refractivity contribution in [1.29, 1.82) is 0 Å². The van der Waals surface area contributed by atoms with Crippen LogP contribution in [-0.2, 0) is 11.2 Å². The molecule has 1 heterocycles. The van der Waals surface area contributed by atoms with Crippen LogP contribution in [0.2, 0.25) is 0 Å². The number of rotatable bonds is 4. The Kier molecular flexibility index (Phi) is 3.91. The molecule has 1 aromatic heterocycles. The minimum absolute atomic E-state index is 0.0314. The lowest BCUT2D eigenvalue weighted by Gasteiger charge is -2.07. The van der Waals surface area contributed by atoms with Crippen LogP contribution in [-0.4, -0.2) is 27.2 Å². The molecule has 0 saturated carbocycles. The predicted molar refractivity (Wildman–Crippen MR) is 86.1 cm³/mol. The summed E-state index contributed by atoms with van der Waals surface area (Å²) in [5, 5.41) is 25.9. The maximum Gasteiger partial charge on any atom is 0.335 e. The zero-order valence-electron chi connectivity index (χ0n) is 12.7. The molecule has 0 aliphatic carbocycles. The maximum absolute atomic E-state index is 12.2. The Morgan fingerprint density at radius 2 is 2.00 bits per heavy atom. The third-order valence-electron chi connectivity index (χ3n) is 3.55. The molecule has 0 fully saturated rings. The molecule has 7 heteroatoms.